The second kappa shape index (κ2) is 8.23. The number of likely N-dealkylation sites (tertiary alicyclic amines) is 1. The van der Waals surface area contributed by atoms with Gasteiger partial charge in [0.15, 0.2) is 0 Å². The summed E-state index contributed by atoms with van der Waals surface area (Å²) in [5, 5.41) is 0. The molecule has 2 saturated heterocycles. The molecular weight excluding hydrogens is 371 g/mol. The van der Waals surface area contributed by atoms with E-state index in [1.807, 2.05) is 35.2 Å². The van der Waals surface area contributed by atoms with Crippen molar-refractivity contribution >= 4 is 17.7 Å². The van der Waals surface area contributed by atoms with Crippen LogP contribution in [0, 0.1) is 5.82 Å². The van der Waals surface area contributed by atoms with Gasteiger partial charge in [0, 0.05) is 31.6 Å². The summed E-state index contributed by atoms with van der Waals surface area (Å²) in [7, 11) is 0. The van der Waals surface area contributed by atoms with E-state index >= 15 is 0 Å². The van der Waals surface area contributed by atoms with Gasteiger partial charge in [-0.25, -0.2) is 9.18 Å². The van der Waals surface area contributed by atoms with Crippen molar-refractivity contribution in [3.05, 3.63) is 66.0 Å². The number of amides is 2. The summed E-state index contributed by atoms with van der Waals surface area (Å²) in [5.41, 5.74) is 1.26. The van der Waals surface area contributed by atoms with Gasteiger partial charge in [0.1, 0.15) is 11.4 Å². The molecule has 4 rings (SSSR count). The molecule has 0 bridgehead atoms. The molecule has 0 aliphatic carbocycles. The average Bonchev–Trinajstić information content (AvgIpc) is 2.92. The Labute approximate surface area is 170 Å². The molecule has 2 aliphatic heterocycles. The fourth-order valence-corrected chi connectivity index (χ4v) is 4.17. The number of carbonyl (C=O) groups excluding carboxylic acids is 2. The molecule has 29 heavy (non-hydrogen) atoms. The maximum atomic E-state index is 13.0. The number of para-hydroxylation sites is 1. The number of ether oxygens (including phenoxy) is 1. The lowest BCUT2D eigenvalue weighted by Crippen LogP contribution is -2.37. The number of hydrogen-bond donors (Lipinski definition) is 0. The quantitative estimate of drug-likeness (QED) is 0.780. The Balaban J connectivity index is 1.35. The van der Waals surface area contributed by atoms with Gasteiger partial charge in [-0.15, -0.1) is 0 Å². The van der Waals surface area contributed by atoms with Crippen molar-refractivity contribution in [2.45, 2.75) is 37.7 Å². The number of hydrogen-bond acceptors (Lipinski definition) is 3. The molecule has 0 aromatic heterocycles. The standard InChI is InChI=1S/C23H25FN2O3/c24-19-10-7-18(8-11-19)9-12-21(27)25-15-4-13-23(14-16-25)17-26(22(28)29-23)20-5-2-1-3-6-20/h1-3,5-8,10-11H,4,9,12-17H2. The molecule has 0 N–H and O–H groups in total. The summed E-state index contributed by atoms with van der Waals surface area (Å²) in [6, 6.07) is 15.8. The van der Waals surface area contributed by atoms with E-state index in [9.17, 15) is 14.0 Å². The Kier molecular flexibility index (Phi) is 5.51. The molecule has 6 heteroatoms. The lowest BCUT2D eigenvalue weighted by molar-refractivity contribution is -0.131. The lowest BCUT2D eigenvalue weighted by Gasteiger charge is -2.25. The first kappa shape index (κ1) is 19.4. The van der Waals surface area contributed by atoms with Crippen LogP contribution in [0.1, 0.15) is 31.2 Å². The van der Waals surface area contributed by atoms with Crippen molar-refractivity contribution in [2.75, 3.05) is 24.5 Å². The van der Waals surface area contributed by atoms with Crippen molar-refractivity contribution < 1.29 is 18.7 Å². The van der Waals surface area contributed by atoms with Crippen LogP contribution in [0.15, 0.2) is 54.6 Å². The number of nitrogens with zero attached hydrogens (tertiary/aromatic N) is 2. The van der Waals surface area contributed by atoms with Crippen LogP contribution in [0.25, 0.3) is 0 Å². The number of aryl methyl sites for hydroxylation is 1. The Morgan fingerprint density at radius 1 is 1.03 bits per heavy atom. The predicted octanol–water partition coefficient (Wildman–Crippen LogP) is 4.17. The maximum absolute atomic E-state index is 13.0. The SMILES string of the molecule is O=C(CCc1ccc(F)cc1)N1CCCC2(CC1)CN(c1ccccc1)C(=O)O2. The van der Waals surface area contributed by atoms with Crippen molar-refractivity contribution in [1.29, 1.82) is 0 Å². The van der Waals surface area contributed by atoms with Gasteiger partial charge in [0.2, 0.25) is 5.91 Å². The third kappa shape index (κ3) is 4.42. The van der Waals surface area contributed by atoms with E-state index in [4.69, 9.17) is 4.74 Å². The van der Waals surface area contributed by atoms with Crippen LogP contribution >= 0.6 is 0 Å². The summed E-state index contributed by atoms with van der Waals surface area (Å²) in [4.78, 5) is 28.7. The fraction of sp³-hybridized carbons (Fsp3) is 0.391. The lowest BCUT2D eigenvalue weighted by atomic mass is 9.95. The zero-order valence-corrected chi connectivity index (χ0v) is 16.4. The van der Waals surface area contributed by atoms with E-state index in [2.05, 4.69) is 0 Å². The van der Waals surface area contributed by atoms with Gasteiger partial charge in [-0.3, -0.25) is 9.69 Å². The molecule has 2 heterocycles. The maximum Gasteiger partial charge on any atom is 0.415 e. The summed E-state index contributed by atoms with van der Waals surface area (Å²) >= 11 is 0. The smallest absolute Gasteiger partial charge is 0.415 e. The highest BCUT2D eigenvalue weighted by Crippen LogP contribution is 2.35. The second-order valence-electron chi connectivity index (χ2n) is 7.83. The molecule has 0 saturated carbocycles. The summed E-state index contributed by atoms with van der Waals surface area (Å²) in [5.74, 6) is -0.177. The highest BCUT2D eigenvalue weighted by atomic mass is 19.1. The van der Waals surface area contributed by atoms with Crippen LogP contribution < -0.4 is 4.90 Å². The molecule has 2 fully saturated rings. The summed E-state index contributed by atoms with van der Waals surface area (Å²) < 4.78 is 18.8. The van der Waals surface area contributed by atoms with E-state index in [-0.39, 0.29) is 17.8 Å². The van der Waals surface area contributed by atoms with Gasteiger partial charge in [-0.1, -0.05) is 30.3 Å². The van der Waals surface area contributed by atoms with Crippen molar-refractivity contribution in [3.63, 3.8) is 0 Å². The first-order valence-electron chi connectivity index (χ1n) is 10.1. The largest absolute Gasteiger partial charge is 0.441 e. The van der Waals surface area contributed by atoms with Crippen LogP contribution in [0.2, 0.25) is 0 Å². The van der Waals surface area contributed by atoms with E-state index in [1.165, 1.54) is 12.1 Å². The average molecular weight is 396 g/mol. The monoisotopic (exact) mass is 396 g/mol. The molecule has 2 amide bonds. The Morgan fingerprint density at radius 3 is 2.55 bits per heavy atom. The molecule has 2 aromatic carbocycles. The van der Waals surface area contributed by atoms with E-state index in [0.29, 0.717) is 38.9 Å². The summed E-state index contributed by atoms with van der Waals surface area (Å²) in [6.45, 7) is 1.78. The number of carbonyl (C=O) groups is 2. The van der Waals surface area contributed by atoms with Crippen LogP contribution in [0.4, 0.5) is 14.9 Å². The van der Waals surface area contributed by atoms with Crippen LogP contribution in [-0.2, 0) is 16.0 Å². The molecule has 5 nitrogen and oxygen atoms in total. The Morgan fingerprint density at radius 2 is 1.79 bits per heavy atom. The number of anilines is 1. The van der Waals surface area contributed by atoms with Gasteiger partial charge < -0.3 is 9.64 Å². The van der Waals surface area contributed by atoms with Crippen molar-refractivity contribution in [2.24, 2.45) is 0 Å². The minimum absolute atomic E-state index is 0.0932. The molecule has 2 aromatic rings. The van der Waals surface area contributed by atoms with Gasteiger partial charge in [0.25, 0.3) is 0 Å². The van der Waals surface area contributed by atoms with Gasteiger partial charge in [-0.05, 0) is 49.1 Å². The van der Waals surface area contributed by atoms with Crippen LogP contribution in [0.3, 0.4) is 0 Å². The predicted molar refractivity (Wildman–Crippen MR) is 108 cm³/mol. The number of benzene rings is 2. The molecule has 0 radical (unpaired) electrons. The van der Waals surface area contributed by atoms with Crippen LogP contribution in [-0.4, -0.2) is 42.1 Å². The first-order valence-corrected chi connectivity index (χ1v) is 10.1. The molecular formula is C23H25FN2O3. The fourth-order valence-electron chi connectivity index (χ4n) is 4.17. The molecule has 1 spiro atoms. The van der Waals surface area contributed by atoms with Crippen molar-refractivity contribution in [1.82, 2.24) is 4.90 Å². The normalized spacial score (nSPS) is 21.9. The minimum Gasteiger partial charge on any atom is -0.441 e. The van der Waals surface area contributed by atoms with E-state index in [1.54, 1.807) is 17.0 Å². The zero-order valence-electron chi connectivity index (χ0n) is 16.4. The highest BCUT2D eigenvalue weighted by Gasteiger charge is 2.46. The van der Waals surface area contributed by atoms with Gasteiger partial charge in [0.05, 0.1) is 6.54 Å². The van der Waals surface area contributed by atoms with Gasteiger partial charge >= 0.3 is 6.09 Å². The molecule has 2 aliphatic rings. The van der Waals surface area contributed by atoms with Crippen molar-refractivity contribution in [3.8, 4) is 0 Å². The third-order valence-electron chi connectivity index (χ3n) is 5.83. The number of halogens is 1. The Bertz CT molecular complexity index is 871. The van der Waals surface area contributed by atoms with Gasteiger partial charge in [-0.2, -0.15) is 0 Å². The second-order valence-corrected chi connectivity index (χ2v) is 7.83. The molecule has 152 valence electrons. The Hall–Kier alpha value is -2.89. The van der Waals surface area contributed by atoms with Crippen LogP contribution in [0.5, 0.6) is 0 Å². The minimum atomic E-state index is -0.529. The number of rotatable bonds is 4. The zero-order chi connectivity index (χ0) is 20.3. The van der Waals surface area contributed by atoms with E-state index in [0.717, 1.165) is 24.1 Å². The molecule has 1 unspecified atom stereocenters. The first-order chi connectivity index (χ1) is 14.0. The molecule has 1 atom stereocenters. The highest BCUT2D eigenvalue weighted by molar-refractivity contribution is 5.90. The third-order valence-corrected chi connectivity index (χ3v) is 5.83. The van der Waals surface area contributed by atoms with E-state index < -0.39 is 5.60 Å². The topological polar surface area (TPSA) is 49.9 Å². The summed E-state index contributed by atoms with van der Waals surface area (Å²) in [6.07, 6.45) is 2.88.